The summed E-state index contributed by atoms with van der Waals surface area (Å²) >= 11 is 0. The van der Waals surface area contributed by atoms with Gasteiger partial charge in [-0.25, -0.2) is 9.97 Å². The number of para-hydroxylation sites is 2. The normalized spacial score (nSPS) is 16.5. The molecule has 1 aliphatic heterocycles. The molecule has 33 heavy (non-hydrogen) atoms. The van der Waals surface area contributed by atoms with Crippen LogP contribution < -0.4 is 15.5 Å². The zero-order valence-corrected chi connectivity index (χ0v) is 17.8. The molecule has 0 saturated carbocycles. The van der Waals surface area contributed by atoms with Crippen LogP contribution in [0.3, 0.4) is 0 Å². The lowest BCUT2D eigenvalue weighted by molar-refractivity contribution is -0.140. The van der Waals surface area contributed by atoms with Crippen molar-refractivity contribution in [3.8, 4) is 0 Å². The van der Waals surface area contributed by atoms with E-state index in [-0.39, 0.29) is 29.7 Å². The lowest BCUT2D eigenvalue weighted by Crippen LogP contribution is -2.42. The Balaban J connectivity index is 1.53. The van der Waals surface area contributed by atoms with Crippen molar-refractivity contribution in [2.24, 2.45) is 5.92 Å². The van der Waals surface area contributed by atoms with E-state index in [4.69, 9.17) is 0 Å². The van der Waals surface area contributed by atoms with Crippen molar-refractivity contribution in [2.75, 3.05) is 28.6 Å². The van der Waals surface area contributed by atoms with Crippen molar-refractivity contribution < 1.29 is 22.8 Å². The predicted octanol–water partition coefficient (Wildman–Crippen LogP) is 4.46. The number of carbonyl (C=O) groups excluding carboxylic acids is 2. The zero-order chi connectivity index (χ0) is 23.6. The van der Waals surface area contributed by atoms with Crippen LogP contribution >= 0.6 is 0 Å². The molecule has 2 amide bonds. The Morgan fingerprint density at radius 3 is 2.18 bits per heavy atom. The van der Waals surface area contributed by atoms with Gasteiger partial charge in [-0.2, -0.15) is 13.2 Å². The van der Waals surface area contributed by atoms with E-state index in [9.17, 15) is 22.8 Å². The molecule has 4 rings (SSSR count). The van der Waals surface area contributed by atoms with E-state index in [2.05, 4.69) is 20.6 Å². The van der Waals surface area contributed by atoms with E-state index in [1.807, 2.05) is 0 Å². The molecule has 1 unspecified atom stereocenters. The maximum absolute atomic E-state index is 13.8. The van der Waals surface area contributed by atoms with Crippen molar-refractivity contribution in [3.05, 3.63) is 54.2 Å². The highest BCUT2D eigenvalue weighted by Gasteiger charge is 2.40. The molecule has 3 aromatic rings. The number of hydrogen-bond donors (Lipinski definition) is 2. The summed E-state index contributed by atoms with van der Waals surface area (Å²) in [7, 11) is 0. The Hall–Kier alpha value is -3.69. The van der Waals surface area contributed by atoms with Crippen molar-refractivity contribution in [3.63, 3.8) is 0 Å². The van der Waals surface area contributed by atoms with Crippen LogP contribution in [0.15, 0.2) is 48.5 Å². The second-order valence-electron chi connectivity index (χ2n) is 7.92. The third kappa shape index (κ3) is 5.21. The number of rotatable bonds is 4. The Labute approximate surface area is 188 Å². The molecule has 0 radical (unpaired) electrons. The molecule has 1 aromatic heterocycles. The number of amides is 2. The van der Waals surface area contributed by atoms with Gasteiger partial charge in [0.2, 0.25) is 11.8 Å². The lowest BCUT2D eigenvalue weighted by Gasteiger charge is -2.34. The summed E-state index contributed by atoms with van der Waals surface area (Å²) in [4.78, 5) is 33.5. The molecule has 10 heteroatoms. The minimum absolute atomic E-state index is 0.103. The van der Waals surface area contributed by atoms with Crippen LogP contribution in [-0.2, 0) is 15.8 Å². The predicted molar refractivity (Wildman–Crippen MR) is 119 cm³/mol. The summed E-state index contributed by atoms with van der Waals surface area (Å²) in [6.07, 6.45) is -3.57. The molecule has 2 N–H and O–H groups in total. The molecule has 1 aliphatic rings. The van der Waals surface area contributed by atoms with Crippen LogP contribution in [0.25, 0.3) is 11.0 Å². The Kier molecular flexibility index (Phi) is 6.17. The van der Waals surface area contributed by atoms with Gasteiger partial charge in [-0.15, -0.1) is 0 Å². The first-order chi connectivity index (χ1) is 15.7. The van der Waals surface area contributed by atoms with Gasteiger partial charge in [-0.3, -0.25) is 9.59 Å². The number of halogens is 3. The SMILES string of the molecule is CC(=O)Nc1ccc(NC(=O)C2CCCN(c3nc4ccccc4nc3C(F)(F)F)C2)cc1. The molecule has 172 valence electrons. The average Bonchev–Trinajstić information content (AvgIpc) is 2.78. The fraction of sp³-hybridized carbons (Fsp3) is 0.304. The summed E-state index contributed by atoms with van der Waals surface area (Å²) in [6, 6.07) is 13.0. The molecule has 1 fully saturated rings. The van der Waals surface area contributed by atoms with Crippen molar-refractivity contribution in [2.45, 2.75) is 25.9 Å². The van der Waals surface area contributed by atoms with Crippen molar-refractivity contribution in [1.82, 2.24) is 9.97 Å². The third-order valence-electron chi connectivity index (χ3n) is 5.39. The quantitative estimate of drug-likeness (QED) is 0.604. The minimum Gasteiger partial charge on any atom is -0.354 e. The highest BCUT2D eigenvalue weighted by molar-refractivity contribution is 5.94. The van der Waals surface area contributed by atoms with E-state index in [1.54, 1.807) is 42.5 Å². The number of aromatic nitrogens is 2. The van der Waals surface area contributed by atoms with Gasteiger partial charge in [-0.05, 0) is 49.2 Å². The van der Waals surface area contributed by atoms with Crippen LogP contribution in [0.2, 0.25) is 0 Å². The van der Waals surface area contributed by atoms with Gasteiger partial charge in [0.25, 0.3) is 0 Å². The van der Waals surface area contributed by atoms with E-state index >= 15 is 0 Å². The summed E-state index contributed by atoms with van der Waals surface area (Å²) in [5, 5.41) is 5.44. The maximum Gasteiger partial charge on any atom is 0.437 e. The highest BCUT2D eigenvalue weighted by atomic mass is 19.4. The van der Waals surface area contributed by atoms with Gasteiger partial charge < -0.3 is 15.5 Å². The van der Waals surface area contributed by atoms with E-state index < -0.39 is 17.8 Å². The van der Waals surface area contributed by atoms with Crippen LogP contribution in [0.1, 0.15) is 25.5 Å². The number of carbonyl (C=O) groups is 2. The average molecular weight is 457 g/mol. The molecule has 2 heterocycles. The van der Waals surface area contributed by atoms with Gasteiger partial charge in [-0.1, -0.05) is 12.1 Å². The molecular weight excluding hydrogens is 435 g/mol. The first-order valence-corrected chi connectivity index (χ1v) is 10.5. The highest BCUT2D eigenvalue weighted by Crippen LogP contribution is 2.36. The Morgan fingerprint density at radius 2 is 1.58 bits per heavy atom. The van der Waals surface area contributed by atoms with Gasteiger partial charge >= 0.3 is 6.18 Å². The van der Waals surface area contributed by atoms with Gasteiger partial charge in [0, 0.05) is 31.4 Å². The smallest absolute Gasteiger partial charge is 0.354 e. The molecule has 0 bridgehead atoms. The number of nitrogens with one attached hydrogen (secondary N) is 2. The summed E-state index contributed by atoms with van der Waals surface area (Å²) in [5.74, 6) is -1.25. The van der Waals surface area contributed by atoms with Crippen LogP contribution in [-0.4, -0.2) is 34.9 Å². The topological polar surface area (TPSA) is 87.2 Å². The second-order valence-corrected chi connectivity index (χ2v) is 7.92. The Morgan fingerprint density at radius 1 is 0.970 bits per heavy atom. The maximum atomic E-state index is 13.8. The van der Waals surface area contributed by atoms with Crippen LogP contribution in [0, 0.1) is 5.92 Å². The first-order valence-electron chi connectivity index (χ1n) is 10.5. The second kappa shape index (κ2) is 9.05. The molecule has 1 atom stereocenters. The number of hydrogen-bond acceptors (Lipinski definition) is 5. The largest absolute Gasteiger partial charge is 0.437 e. The minimum atomic E-state index is -4.67. The Bertz CT molecular complexity index is 1180. The standard InChI is InChI=1S/C23H22F3N5O2/c1-14(32)27-16-8-10-17(11-9-16)28-22(33)15-5-4-12-31(13-15)21-20(23(24,25)26)29-18-6-2-3-7-19(18)30-21/h2-3,6-11,15H,4-5,12-13H2,1H3,(H,27,32)(H,28,33). The fourth-order valence-electron chi connectivity index (χ4n) is 3.87. The lowest BCUT2D eigenvalue weighted by atomic mass is 9.96. The molecule has 0 spiro atoms. The third-order valence-corrected chi connectivity index (χ3v) is 5.39. The summed E-state index contributed by atoms with van der Waals surface area (Å²) in [6.45, 7) is 1.85. The zero-order valence-electron chi connectivity index (χ0n) is 17.8. The summed E-state index contributed by atoms with van der Waals surface area (Å²) < 4.78 is 41.3. The van der Waals surface area contributed by atoms with E-state index in [0.29, 0.717) is 36.3 Å². The number of alkyl halides is 3. The monoisotopic (exact) mass is 457 g/mol. The molecular formula is C23H22F3N5O2. The van der Waals surface area contributed by atoms with Gasteiger partial charge in [0.15, 0.2) is 11.5 Å². The number of nitrogens with zero attached hydrogens (tertiary/aromatic N) is 3. The van der Waals surface area contributed by atoms with Crippen molar-refractivity contribution in [1.29, 1.82) is 0 Å². The molecule has 1 saturated heterocycles. The summed E-state index contributed by atoms with van der Waals surface area (Å²) in [5.41, 5.74) is 0.622. The first kappa shape index (κ1) is 22.5. The van der Waals surface area contributed by atoms with Gasteiger partial charge in [0.05, 0.1) is 17.0 Å². The van der Waals surface area contributed by atoms with E-state index in [0.717, 1.165) is 0 Å². The number of fused-ring (bicyclic) bond motifs is 1. The number of piperidine rings is 1. The number of benzene rings is 2. The van der Waals surface area contributed by atoms with Crippen molar-refractivity contribution >= 4 is 40.0 Å². The number of anilines is 3. The molecule has 7 nitrogen and oxygen atoms in total. The molecule has 2 aromatic carbocycles. The van der Waals surface area contributed by atoms with E-state index in [1.165, 1.54) is 17.9 Å². The van der Waals surface area contributed by atoms with Crippen LogP contribution in [0.5, 0.6) is 0 Å². The van der Waals surface area contributed by atoms with Gasteiger partial charge in [0.1, 0.15) is 0 Å². The molecule has 0 aliphatic carbocycles. The fourth-order valence-corrected chi connectivity index (χ4v) is 3.87. The van der Waals surface area contributed by atoms with Crippen LogP contribution in [0.4, 0.5) is 30.4 Å².